The van der Waals surface area contributed by atoms with Gasteiger partial charge < -0.3 is 4.57 Å². The van der Waals surface area contributed by atoms with Crippen molar-refractivity contribution >= 4 is 53.3 Å². The molecule has 0 aliphatic rings. The van der Waals surface area contributed by atoms with Crippen LogP contribution in [0.3, 0.4) is 0 Å². The number of hydrogen-bond donors (Lipinski definition) is 0. The number of aromatic nitrogens is 1. The lowest BCUT2D eigenvalue weighted by atomic mass is 10.0. The van der Waals surface area contributed by atoms with Crippen LogP contribution in [0.2, 0.25) is 0 Å². The summed E-state index contributed by atoms with van der Waals surface area (Å²) in [6, 6.07) is 41.7. The molecule has 1 nitrogen and oxygen atoms in total. The molecule has 32 heavy (non-hydrogen) atoms. The first kappa shape index (κ1) is 17.8. The lowest BCUT2D eigenvalue weighted by Gasteiger charge is -2.08. The lowest BCUT2D eigenvalue weighted by Crippen LogP contribution is -1.92. The molecule has 2 heteroatoms. The molecule has 0 spiro atoms. The Labute approximate surface area is 189 Å². The summed E-state index contributed by atoms with van der Waals surface area (Å²) < 4.78 is 5.07. The fraction of sp³-hybridized carbons (Fsp3) is 0. The summed E-state index contributed by atoms with van der Waals surface area (Å²) >= 11 is 1.89. The maximum absolute atomic E-state index is 2.37. The second-order valence-electron chi connectivity index (χ2n) is 8.20. The number of benzene rings is 5. The summed E-state index contributed by atoms with van der Waals surface area (Å²) in [7, 11) is 0. The van der Waals surface area contributed by atoms with Crippen molar-refractivity contribution in [2.75, 3.05) is 0 Å². The number of para-hydroxylation sites is 2. The fourth-order valence-electron chi connectivity index (χ4n) is 4.97. The van der Waals surface area contributed by atoms with Crippen LogP contribution in [0.5, 0.6) is 0 Å². The maximum Gasteiger partial charge on any atom is 0.0541 e. The third-order valence-corrected chi connectivity index (χ3v) is 7.62. The highest BCUT2D eigenvalue weighted by atomic mass is 32.1. The first-order valence-corrected chi connectivity index (χ1v) is 11.7. The molecule has 0 fully saturated rings. The molecule has 0 aliphatic carbocycles. The number of fused-ring (bicyclic) bond motifs is 6. The van der Waals surface area contributed by atoms with Crippen molar-refractivity contribution in [3.8, 4) is 16.8 Å². The summed E-state index contributed by atoms with van der Waals surface area (Å²) in [6.45, 7) is 0. The van der Waals surface area contributed by atoms with Crippen LogP contribution < -0.4 is 0 Å². The molecule has 0 N–H and O–H groups in total. The Kier molecular flexibility index (Phi) is 3.78. The van der Waals surface area contributed by atoms with E-state index in [-0.39, 0.29) is 0 Å². The average molecular weight is 426 g/mol. The zero-order chi connectivity index (χ0) is 21.1. The van der Waals surface area contributed by atoms with Gasteiger partial charge in [-0.05, 0) is 47.5 Å². The van der Waals surface area contributed by atoms with Crippen molar-refractivity contribution in [3.63, 3.8) is 0 Å². The monoisotopic (exact) mass is 425 g/mol. The molecule has 150 valence electrons. The van der Waals surface area contributed by atoms with Gasteiger partial charge in [0.05, 0.1) is 11.0 Å². The first-order valence-electron chi connectivity index (χ1n) is 10.9. The van der Waals surface area contributed by atoms with E-state index in [1.165, 1.54) is 58.8 Å². The molecule has 7 aromatic rings. The Bertz CT molecular complexity index is 1770. The summed E-state index contributed by atoms with van der Waals surface area (Å²) in [4.78, 5) is 0. The largest absolute Gasteiger partial charge is 0.309 e. The standard InChI is InChI=1S/C30H19NS/c1-2-9-21(10-3-1)31-27-15-6-4-11-23(27)26-19-20(17-18-28(26)31)22-13-8-14-25-24-12-5-7-16-29(24)32-30(22)25/h1-19H. The minimum absolute atomic E-state index is 1.19. The van der Waals surface area contributed by atoms with Gasteiger partial charge in [-0.1, -0.05) is 78.9 Å². The van der Waals surface area contributed by atoms with Crippen molar-refractivity contribution in [1.82, 2.24) is 4.57 Å². The number of thiophene rings is 1. The Balaban J connectivity index is 1.54. The van der Waals surface area contributed by atoms with Crippen molar-refractivity contribution < 1.29 is 0 Å². The van der Waals surface area contributed by atoms with E-state index < -0.39 is 0 Å². The van der Waals surface area contributed by atoms with Crippen LogP contribution in [0.4, 0.5) is 0 Å². The molecule has 0 saturated heterocycles. The van der Waals surface area contributed by atoms with Crippen LogP contribution in [-0.4, -0.2) is 4.57 Å². The lowest BCUT2D eigenvalue weighted by molar-refractivity contribution is 1.18. The van der Waals surface area contributed by atoms with Gasteiger partial charge in [0.25, 0.3) is 0 Å². The van der Waals surface area contributed by atoms with Crippen LogP contribution in [0, 0.1) is 0 Å². The number of rotatable bonds is 2. The van der Waals surface area contributed by atoms with Gasteiger partial charge in [-0.25, -0.2) is 0 Å². The van der Waals surface area contributed by atoms with E-state index in [4.69, 9.17) is 0 Å². The van der Waals surface area contributed by atoms with Gasteiger partial charge in [0.15, 0.2) is 0 Å². The van der Waals surface area contributed by atoms with Gasteiger partial charge in [-0.2, -0.15) is 0 Å². The Hall–Kier alpha value is -3.88. The highest BCUT2D eigenvalue weighted by Gasteiger charge is 2.15. The third-order valence-electron chi connectivity index (χ3n) is 6.40. The Morgan fingerprint density at radius 2 is 1.22 bits per heavy atom. The van der Waals surface area contributed by atoms with E-state index in [1.54, 1.807) is 0 Å². The topological polar surface area (TPSA) is 4.93 Å². The van der Waals surface area contributed by atoms with E-state index in [9.17, 15) is 0 Å². The van der Waals surface area contributed by atoms with E-state index in [1.807, 2.05) is 11.3 Å². The Morgan fingerprint density at radius 1 is 0.500 bits per heavy atom. The van der Waals surface area contributed by atoms with E-state index in [0.717, 1.165) is 0 Å². The highest BCUT2D eigenvalue weighted by molar-refractivity contribution is 7.26. The van der Waals surface area contributed by atoms with Crippen molar-refractivity contribution in [1.29, 1.82) is 0 Å². The predicted octanol–water partition coefficient (Wildman–Crippen LogP) is 8.82. The zero-order valence-corrected chi connectivity index (χ0v) is 18.1. The molecule has 2 heterocycles. The van der Waals surface area contributed by atoms with Gasteiger partial charge in [0.2, 0.25) is 0 Å². The van der Waals surface area contributed by atoms with Crippen LogP contribution >= 0.6 is 11.3 Å². The Morgan fingerprint density at radius 3 is 2.12 bits per heavy atom. The highest BCUT2D eigenvalue weighted by Crippen LogP contribution is 2.41. The molecule has 0 saturated carbocycles. The SMILES string of the molecule is c1ccc(-n2c3ccccc3c3cc(-c4cccc5c4sc4ccccc45)ccc32)cc1. The molecule has 0 aliphatic heterocycles. The first-order chi connectivity index (χ1) is 15.9. The summed E-state index contributed by atoms with van der Waals surface area (Å²) in [5.74, 6) is 0. The molecular weight excluding hydrogens is 406 g/mol. The van der Waals surface area contributed by atoms with E-state index in [2.05, 4.69) is 120 Å². The second-order valence-corrected chi connectivity index (χ2v) is 9.25. The predicted molar refractivity (Wildman–Crippen MR) is 139 cm³/mol. The van der Waals surface area contributed by atoms with Crippen LogP contribution in [0.15, 0.2) is 115 Å². The minimum Gasteiger partial charge on any atom is -0.309 e. The third kappa shape index (κ3) is 2.50. The van der Waals surface area contributed by atoms with Crippen molar-refractivity contribution in [2.45, 2.75) is 0 Å². The summed E-state index contributed by atoms with van der Waals surface area (Å²) in [5, 5.41) is 5.27. The molecular formula is C30H19NS. The quantitative estimate of drug-likeness (QED) is 0.261. The minimum atomic E-state index is 1.19. The van der Waals surface area contributed by atoms with Crippen LogP contribution in [0.25, 0.3) is 58.8 Å². The van der Waals surface area contributed by atoms with E-state index in [0.29, 0.717) is 0 Å². The fourth-order valence-corrected chi connectivity index (χ4v) is 6.21. The summed E-state index contributed by atoms with van der Waals surface area (Å²) in [5.41, 5.74) is 6.25. The van der Waals surface area contributed by atoms with Crippen molar-refractivity contribution in [2.24, 2.45) is 0 Å². The smallest absolute Gasteiger partial charge is 0.0541 e. The van der Waals surface area contributed by atoms with Crippen molar-refractivity contribution in [3.05, 3.63) is 115 Å². The maximum atomic E-state index is 2.37. The van der Waals surface area contributed by atoms with Gasteiger partial charge in [0.1, 0.15) is 0 Å². The molecule has 0 unspecified atom stereocenters. The molecule has 0 radical (unpaired) electrons. The number of hydrogen-bond acceptors (Lipinski definition) is 1. The zero-order valence-electron chi connectivity index (χ0n) is 17.3. The molecule has 0 bridgehead atoms. The normalized spacial score (nSPS) is 11.8. The van der Waals surface area contributed by atoms with Gasteiger partial charge in [-0.15, -0.1) is 11.3 Å². The molecule has 2 aromatic heterocycles. The second kappa shape index (κ2) is 6.81. The van der Waals surface area contributed by atoms with Crippen LogP contribution in [-0.2, 0) is 0 Å². The molecule has 7 rings (SSSR count). The molecule has 0 amide bonds. The summed E-state index contributed by atoms with van der Waals surface area (Å²) in [6.07, 6.45) is 0. The molecule has 0 atom stereocenters. The van der Waals surface area contributed by atoms with E-state index >= 15 is 0 Å². The number of nitrogens with zero attached hydrogens (tertiary/aromatic N) is 1. The molecule has 5 aromatic carbocycles. The van der Waals surface area contributed by atoms with Gasteiger partial charge >= 0.3 is 0 Å². The van der Waals surface area contributed by atoms with Gasteiger partial charge in [0, 0.05) is 36.6 Å². The van der Waals surface area contributed by atoms with Crippen LogP contribution in [0.1, 0.15) is 0 Å². The average Bonchev–Trinajstić information content (AvgIpc) is 3.40. The van der Waals surface area contributed by atoms with Gasteiger partial charge in [-0.3, -0.25) is 0 Å².